The van der Waals surface area contributed by atoms with E-state index in [-0.39, 0.29) is 17.4 Å². The Morgan fingerprint density at radius 1 is 1.04 bits per heavy atom. The van der Waals surface area contributed by atoms with Crippen molar-refractivity contribution in [3.63, 3.8) is 0 Å². The largest absolute Gasteiger partial charge is 0.424 e. The summed E-state index contributed by atoms with van der Waals surface area (Å²) in [6.45, 7) is 1.74. The molecule has 23 heavy (non-hydrogen) atoms. The predicted molar refractivity (Wildman–Crippen MR) is 81.1 cm³/mol. The third kappa shape index (κ3) is 4.04. The number of benzene rings is 1. The second-order valence-electron chi connectivity index (χ2n) is 5.23. The van der Waals surface area contributed by atoms with Crippen LogP contribution in [0.15, 0.2) is 45.5 Å². The summed E-state index contributed by atoms with van der Waals surface area (Å²) in [7, 11) is -3.46. The Balaban J connectivity index is 1.67. The van der Waals surface area contributed by atoms with Gasteiger partial charge in [0.25, 0.3) is 0 Å². The van der Waals surface area contributed by atoms with Crippen molar-refractivity contribution in [2.45, 2.75) is 24.9 Å². The van der Waals surface area contributed by atoms with Crippen LogP contribution in [0.5, 0.6) is 0 Å². The fraction of sp³-hybridized carbons (Fsp3) is 0.267. The fourth-order valence-electron chi connectivity index (χ4n) is 2.09. The van der Waals surface area contributed by atoms with Gasteiger partial charge < -0.3 is 8.94 Å². The highest BCUT2D eigenvalue weighted by Gasteiger charge is 2.20. The molecule has 0 atom stereocenters. The van der Waals surface area contributed by atoms with Crippen LogP contribution in [-0.2, 0) is 27.8 Å². The normalized spacial score (nSPS) is 11.7. The van der Waals surface area contributed by atoms with Crippen molar-refractivity contribution in [3.8, 4) is 0 Å². The van der Waals surface area contributed by atoms with Gasteiger partial charge in [0.2, 0.25) is 11.8 Å². The maximum absolute atomic E-state index is 12.2. The number of rotatable bonds is 6. The highest BCUT2D eigenvalue weighted by atomic mass is 32.2. The van der Waals surface area contributed by atoms with Crippen molar-refractivity contribution in [3.05, 3.63) is 65.2 Å². The predicted octanol–water partition coefficient (Wildman–Crippen LogP) is 2.07. The second kappa shape index (κ2) is 6.33. The molecular weight excluding hydrogens is 318 g/mol. The van der Waals surface area contributed by atoms with Crippen molar-refractivity contribution in [1.29, 1.82) is 0 Å². The van der Waals surface area contributed by atoms with Gasteiger partial charge in [-0.25, -0.2) is 8.42 Å². The van der Waals surface area contributed by atoms with Gasteiger partial charge in [-0.05, 0) is 12.5 Å². The molecule has 0 N–H and O–H groups in total. The minimum atomic E-state index is -3.46. The van der Waals surface area contributed by atoms with Gasteiger partial charge >= 0.3 is 0 Å². The molecule has 0 aliphatic heterocycles. The van der Waals surface area contributed by atoms with Crippen LogP contribution in [0.25, 0.3) is 0 Å². The molecule has 0 aliphatic rings. The molecule has 7 nitrogen and oxygen atoms in total. The first-order valence-corrected chi connectivity index (χ1v) is 8.79. The monoisotopic (exact) mass is 333 g/mol. The van der Waals surface area contributed by atoms with E-state index in [1.54, 1.807) is 6.92 Å². The smallest absolute Gasteiger partial charge is 0.231 e. The quantitative estimate of drug-likeness (QED) is 0.681. The summed E-state index contributed by atoms with van der Waals surface area (Å²) in [5.74, 6) is -0.0663. The Labute approximate surface area is 133 Å². The summed E-state index contributed by atoms with van der Waals surface area (Å²) < 4.78 is 34.5. The Kier molecular flexibility index (Phi) is 4.24. The highest BCUT2D eigenvalue weighted by molar-refractivity contribution is 7.89. The fourth-order valence-corrected chi connectivity index (χ4v) is 3.38. The molecule has 0 saturated heterocycles. The van der Waals surface area contributed by atoms with Gasteiger partial charge in [0.15, 0.2) is 9.84 Å². The van der Waals surface area contributed by atoms with E-state index in [0.29, 0.717) is 23.6 Å². The Morgan fingerprint density at radius 3 is 2.48 bits per heavy atom. The number of hydrogen-bond acceptors (Lipinski definition) is 7. The summed E-state index contributed by atoms with van der Waals surface area (Å²) >= 11 is 0. The molecule has 1 aromatic carbocycles. The van der Waals surface area contributed by atoms with Crippen molar-refractivity contribution in [2.75, 3.05) is 0 Å². The van der Waals surface area contributed by atoms with E-state index < -0.39 is 9.84 Å². The first kappa shape index (κ1) is 15.4. The molecule has 0 unspecified atom stereocenters. The van der Waals surface area contributed by atoms with Crippen molar-refractivity contribution in [2.24, 2.45) is 0 Å². The van der Waals surface area contributed by atoms with Crippen LogP contribution in [0, 0.1) is 6.92 Å². The van der Waals surface area contributed by atoms with E-state index in [9.17, 15) is 8.42 Å². The van der Waals surface area contributed by atoms with Gasteiger partial charge in [-0.2, -0.15) is 0 Å². The summed E-state index contributed by atoms with van der Waals surface area (Å²) in [5, 5.41) is 11.4. The number of aromatic nitrogens is 3. The molecule has 3 rings (SSSR count). The Hall–Kier alpha value is -2.48. The van der Waals surface area contributed by atoms with Crippen LogP contribution in [0.4, 0.5) is 0 Å². The standard InChI is InChI=1S/C15H15N3O4S/c1-11-8-21-18-13(11)9-23(19,20)10-15-17-16-14(22-15)7-12-5-3-2-4-6-12/h2-6,8H,7,9-10H2,1H3. The molecule has 2 aromatic heterocycles. The average Bonchev–Trinajstić information content (AvgIpc) is 3.09. The molecule has 0 amide bonds. The lowest BCUT2D eigenvalue weighted by molar-refractivity contribution is 0.413. The zero-order valence-corrected chi connectivity index (χ0v) is 13.3. The van der Waals surface area contributed by atoms with E-state index >= 15 is 0 Å². The maximum atomic E-state index is 12.2. The number of nitrogens with zero attached hydrogens (tertiary/aromatic N) is 3. The van der Waals surface area contributed by atoms with Gasteiger partial charge in [-0.3, -0.25) is 0 Å². The third-order valence-electron chi connectivity index (χ3n) is 3.25. The van der Waals surface area contributed by atoms with Gasteiger partial charge in [-0.15, -0.1) is 10.2 Å². The summed E-state index contributed by atoms with van der Waals surface area (Å²) in [4.78, 5) is 0. The number of aryl methyl sites for hydroxylation is 1. The zero-order chi connectivity index (χ0) is 16.3. The van der Waals surface area contributed by atoms with Crippen molar-refractivity contribution < 1.29 is 17.4 Å². The zero-order valence-electron chi connectivity index (χ0n) is 12.5. The highest BCUT2D eigenvalue weighted by Crippen LogP contribution is 2.15. The van der Waals surface area contributed by atoms with Crippen molar-refractivity contribution >= 4 is 9.84 Å². The van der Waals surface area contributed by atoms with Crippen LogP contribution in [0.3, 0.4) is 0 Å². The molecule has 0 spiro atoms. The van der Waals surface area contributed by atoms with E-state index in [2.05, 4.69) is 15.4 Å². The minimum absolute atomic E-state index is 0.0806. The average molecular weight is 333 g/mol. The Morgan fingerprint density at radius 2 is 1.78 bits per heavy atom. The maximum Gasteiger partial charge on any atom is 0.231 e. The molecule has 0 radical (unpaired) electrons. The molecule has 8 heteroatoms. The summed E-state index contributed by atoms with van der Waals surface area (Å²) in [6.07, 6.45) is 1.88. The molecule has 2 heterocycles. The first-order valence-electron chi connectivity index (χ1n) is 6.97. The van der Waals surface area contributed by atoms with Crippen LogP contribution >= 0.6 is 0 Å². The number of sulfone groups is 1. The van der Waals surface area contributed by atoms with Gasteiger partial charge in [0, 0.05) is 5.56 Å². The SMILES string of the molecule is Cc1conc1CS(=O)(=O)Cc1nnc(Cc2ccccc2)o1. The molecule has 0 aliphatic carbocycles. The third-order valence-corrected chi connectivity index (χ3v) is 4.65. The molecular formula is C15H15N3O4S. The lowest BCUT2D eigenvalue weighted by Gasteiger charge is -1.99. The lowest BCUT2D eigenvalue weighted by Crippen LogP contribution is -2.09. The molecule has 3 aromatic rings. The van der Waals surface area contributed by atoms with E-state index in [1.807, 2.05) is 30.3 Å². The molecule has 0 fully saturated rings. The van der Waals surface area contributed by atoms with Crippen LogP contribution in [0.1, 0.15) is 28.6 Å². The molecule has 120 valence electrons. The number of hydrogen-bond donors (Lipinski definition) is 0. The van der Waals surface area contributed by atoms with Gasteiger partial charge in [-0.1, -0.05) is 35.5 Å². The summed E-state index contributed by atoms with van der Waals surface area (Å²) in [6, 6.07) is 9.62. The topological polar surface area (TPSA) is 99.1 Å². The Bertz CT molecular complexity index is 884. The van der Waals surface area contributed by atoms with E-state index in [4.69, 9.17) is 8.94 Å². The lowest BCUT2D eigenvalue weighted by atomic mass is 10.2. The van der Waals surface area contributed by atoms with Crippen LogP contribution in [0.2, 0.25) is 0 Å². The minimum Gasteiger partial charge on any atom is -0.424 e. The van der Waals surface area contributed by atoms with E-state index in [1.165, 1.54) is 6.26 Å². The molecule has 0 saturated carbocycles. The van der Waals surface area contributed by atoms with Crippen molar-refractivity contribution in [1.82, 2.24) is 15.4 Å². The van der Waals surface area contributed by atoms with E-state index in [0.717, 1.165) is 5.56 Å². The van der Waals surface area contributed by atoms with Crippen LogP contribution in [-0.4, -0.2) is 23.8 Å². The first-order chi connectivity index (χ1) is 11.0. The molecule has 0 bridgehead atoms. The van der Waals surface area contributed by atoms with Gasteiger partial charge in [0.05, 0.1) is 12.2 Å². The second-order valence-corrected chi connectivity index (χ2v) is 7.29. The summed E-state index contributed by atoms with van der Waals surface area (Å²) in [5.41, 5.74) is 2.11. The van der Waals surface area contributed by atoms with Crippen LogP contribution < -0.4 is 0 Å². The van der Waals surface area contributed by atoms with Gasteiger partial charge in [0.1, 0.15) is 17.7 Å².